The van der Waals surface area contributed by atoms with Gasteiger partial charge in [-0.05, 0) is 24.6 Å². The van der Waals surface area contributed by atoms with Crippen LogP contribution in [-0.4, -0.2) is 20.3 Å². The van der Waals surface area contributed by atoms with Gasteiger partial charge in [0.25, 0.3) is 0 Å². The number of nitrogens with two attached hydrogens (primary N) is 1. The third-order valence-electron chi connectivity index (χ3n) is 1.93. The van der Waals surface area contributed by atoms with Crippen molar-refractivity contribution in [3.05, 3.63) is 29.8 Å². The molecule has 0 saturated heterocycles. The topological polar surface area (TPSA) is 44.5 Å². The predicted octanol–water partition coefficient (Wildman–Crippen LogP) is 2.07. The molecule has 0 aliphatic carbocycles. The zero-order valence-corrected chi connectivity index (χ0v) is 9.19. The van der Waals surface area contributed by atoms with E-state index >= 15 is 0 Å². The van der Waals surface area contributed by atoms with Crippen LogP contribution < -0.4 is 15.2 Å². The summed E-state index contributed by atoms with van der Waals surface area (Å²) >= 11 is 0. The van der Waals surface area contributed by atoms with E-state index in [0.717, 1.165) is 17.1 Å². The molecule has 0 amide bonds. The lowest BCUT2D eigenvalue weighted by molar-refractivity contribution is 0.311. The SMILES string of the molecule is CCOc1cc(C=CCN)ccc1OC. The number of hydrogen-bond donors (Lipinski definition) is 1. The van der Waals surface area contributed by atoms with E-state index in [1.165, 1.54) is 0 Å². The summed E-state index contributed by atoms with van der Waals surface area (Å²) in [5.41, 5.74) is 6.45. The van der Waals surface area contributed by atoms with Crippen LogP contribution >= 0.6 is 0 Å². The second-order valence-corrected chi connectivity index (χ2v) is 2.98. The van der Waals surface area contributed by atoms with Crippen LogP contribution in [0.25, 0.3) is 6.08 Å². The molecule has 0 atom stereocenters. The van der Waals surface area contributed by atoms with Gasteiger partial charge in [-0.1, -0.05) is 18.2 Å². The van der Waals surface area contributed by atoms with Gasteiger partial charge in [0.15, 0.2) is 11.5 Å². The van der Waals surface area contributed by atoms with Crippen molar-refractivity contribution in [1.29, 1.82) is 0 Å². The van der Waals surface area contributed by atoms with Crippen LogP contribution in [-0.2, 0) is 0 Å². The van der Waals surface area contributed by atoms with Crippen LogP contribution in [0.15, 0.2) is 24.3 Å². The molecule has 0 fully saturated rings. The molecule has 2 N–H and O–H groups in total. The normalized spacial score (nSPS) is 10.6. The van der Waals surface area contributed by atoms with Gasteiger partial charge < -0.3 is 15.2 Å². The number of benzene rings is 1. The summed E-state index contributed by atoms with van der Waals surface area (Å²) < 4.78 is 10.6. The van der Waals surface area contributed by atoms with Gasteiger partial charge in [-0.25, -0.2) is 0 Å². The summed E-state index contributed by atoms with van der Waals surface area (Å²) in [7, 11) is 1.63. The average Bonchev–Trinajstić information content (AvgIpc) is 2.27. The van der Waals surface area contributed by atoms with Crippen LogP contribution in [0.2, 0.25) is 0 Å². The molecule has 15 heavy (non-hydrogen) atoms. The van der Waals surface area contributed by atoms with Crippen molar-refractivity contribution in [3.8, 4) is 11.5 Å². The molecule has 0 spiro atoms. The lowest BCUT2D eigenvalue weighted by Crippen LogP contribution is -1.96. The lowest BCUT2D eigenvalue weighted by atomic mass is 10.2. The molecule has 0 bridgehead atoms. The van der Waals surface area contributed by atoms with Crippen molar-refractivity contribution in [2.75, 3.05) is 20.3 Å². The number of rotatable bonds is 5. The summed E-state index contributed by atoms with van der Waals surface area (Å²) in [6.45, 7) is 3.11. The van der Waals surface area contributed by atoms with Crippen LogP contribution in [0, 0.1) is 0 Å². The molecule has 1 aromatic carbocycles. The van der Waals surface area contributed by atoms with Crippen LogP contribution in [0.3, 0.4) is 0 Å². The van der Waals surface area contributed by atoms with Gasteiger partial charge in [0.2, 0.25) is 0 Å². The Morgan fingerprint density at radius 2 is 2.13 bits per heavy atom. The molecule has 3 nitrogen and oxygen atoms in total. The standard InChI is InChI=1S/C12H17NO2/c1-3-15-12-9-10(5-4-8-13)6-7-11(12)14-2/h4-7,9H,3,8,13H2,1-2H3. The number of hydrogen-bond acceptors (Lipinski definition) is 3. The molecule has 0 aliphatic rings. The predicted molar refractivity (Wildman–Crippen MR) is 62.3 cm³/mol. The maximum Gasteiger partial charge on any atom is 0.161 e. The van der Waals surface area contributed by atoms with Crippen molar-refractivity contribution in [1.82, 2.24) is 0 Å². The van der Waals surface area contributed by atoms with Gasteiger partial charge in [-0.3, -0.25) is 0 Å². The molecule has 0 saturated carbocycles. The first-order valence-electron chi connectivity index (χ1n) is 4.99. The maximum atomic E-state index is 5.46. The van der Waals surface area contributed by atoms with Gasteiger partial charge in [-0.15, -0.1) is 0 Å². The van der Waals surface area contributed by atoms with E-state index in [-0.39, 0.29) is 0 Å². The molecule has 82 valence electrons. The Morgan fingerprint density at radius 3 is 2.73 bits per heavy atom. The molecule has 0 radical (unpaired) electrons. The molecule has 1 rings (SSSR count). The smallest absolute Gasteiger partial charge is 0.161 e. The number of ether oxygens (including phenoxy) is 2. The maximum absolute atomic E-state index is 5.46. The Hall–Kier alpha value is -1.48. The summed E-state index contributed by atoms with van der Waals surface area (Å²) in [5.74, 6) is 1.51. The zero-order valence-electron chi connectivity index (χ0n) is 9.19. The first-order valence-corrected chi connectivity index (χ1v) is 4.99. The highest BCUT2D eigenvalue weighted by molar-refractivity contribution is 5.55. The van der Waals surface area contributed by atoms with E-state index in [1.54, 1.807) is 7.11 Å². The highest BCUT2D eigenvalue weighted by Crippen LogP contribution is 2.28. The van der Waals surface area contributed by atoms with Gasteiger partial charge in [-0.2, -0.15) is 0 Å². The molecule has 1 aromatic rings. The van der Waals surface area contributed by atoms with E-state index in [2.05, 4.69) is 0 Å². The Labute approximate surface area is 90.5 Å². The summed E-state index contributed by atoms with van der Waals surface area (Å²) in [5, 5.41) is 0. The Bertz CT molecular complexity index is 334. The average molecular weight is 207 g/mol. The quantitative estimate of drug-likeness (QED) is 0.803. The molecular formula is C12H17NO2. The fourth-order valence-electron chi connectivity index (χ4n) is 1.27. The van der Waals surface area contributed by atoms with Gasteiger partial charge >= 0.3 is 0 Å². The van der Waals surface area contributed by atoms with Crippen molar-refractivity contribution in [2.24, 2.45) is 5.73 Å². The summed E-state index contributed by atoms with van der Waals surface area (Å²) in [6, 6.07) is 5.79. The molecule has 0 aromatic heterocycles. The van der Waals surface area contributed by atoms with E-state index in [1.807, 2.05) is 37.3 Å². The fourth-order valence-corrected chi connectivity index (χ4v) is 1.27. The molecule has 0 aliphatic heterocycles. The monoisotopic (exact) mass is 207 g/mol. The van der Waals surface area contributed by atoms with Crippen LogP contribution in [0.5, 0.6) is 11.5 Å². The minimum Gasteiger partial charge on any atom is -0.493 e. The number of methoxy groups -OCH3 is 1. The second kappa shape index (κ2) is 6.09. The van der Waals surface area contributed by atoms with Crippen molar-refractivity contribution in [2.45, 2.75) is 6.92 Å². The Balaban J connectivity index is 2.93. The van der Waals surface area contributed by atoms with Crippen molar-refractivity contribution in [3.63, 3.8) is 0 Å². The molecular weight excluding hydrogens is 190 g/mol. The molecule has 0 unspecified atom stereocenters. The lowest BCUT2D eigenvalue weighted by Gasteiger charge is -2.09. The van der Waals surface area contributed by atoms with E-state index in [4.69, 9.17) is 15.2 Å². The van der Waals surface area contributed by atoms with E-state index < -0.39 is 0 Å². The van der Waals surface area contributed by atoms with Gasteiger partial charge in [0, 0.05) is 6.54 Å². The molecule has 0 heterocycles. The van der Waals surface area contributed by atoms with Gasteiger partial charge in [0.05, 0.1) is 13.7 Å². The van der Waals surface area contributed by atoms with E-state index in [9.17, 15) is 0 Å². The van der Waals surface area contributed by atoms with Crippen molar-refractivity contribution < 1.29 is 9.47 Å². The minimum absolute atomic E-state index is 0.538. The summed E-state index contributed by atoms with van der Waals surface area (Å²) in [4.78, 5) is 0. The largest absolute Gasteiger partial charge is 0.493 e. The minimum atomic E-state index is 0.538. The Kier molecular flexibility index (Phi) is 4.71. The Morgan fingerprint density at radius 1 is 1.33 bits per heavy atom. The van der Waals surface area contributed by atoms with Crippen LogP contribution in [0.1, 0.15) is 12.5 Å². The second-order valence-electron chi connectivity index (χ2n) is 2.98. The molecule has 3 heteroatoms. The first-order chi connectivity index (χ1) is 7.31. The summed E-state index contributed by atoms with van der Waals surface area (Å²) in [6.07, 6.45) is 3.86. The van der Waals surface area contributed by atoms with Crippen molar-refractivity contribution >= 4 is 6.08 Å². The highest BCUT2D eigenvalue weighted by Gasteiger charge is 2.03. The third-order valence-corrected chi connectivity index (χ3v) is 1.93. The van der Waals surface area contributed by atoms with E-state index in [0.29, 0.717) is 13.2 Å². The third kappa shape index (κ3) is 3.29. The zero-order chi connectivity index (χ0) is 11.1. The van der Waals surface area contributed by atoms with Crippen LogP contribution in [0.4, 0.5) is 0 Å². The highest BCUT2D eigenvalue weighted by atomic mass is 16.5. The van der Waals surface area contributed by atoms with Gasteiger partial charge in [0.1, 0.15) is 0 Å². The first kappa shape index (κ1) is 11.6. The fraction of sp³-hybridized carbons (Fsp3) is 0.333.